The van der Waals surface area contributed by atoms with Gasteiger partial charge in [-0.05, 0) is 37.1 Å². The molecular formula is C26H30ClN3O3. The van der Waals surface area contributed by atoms with Crippen LogP contribution < -0.4 is 4.74 Å². The SMILES string of the molecule is C=CCOCC(O)CN(Cc1c(-c2ccccc2)nn(C)c1Oc1ccc(Cl)cc1)C1CC1. The van der Waals surface area contributed by atoms with Crippen molar-refractivity contribution in [3.05, 3.63) is 77.8 Å². The third-order valence-corrected chi connectivity index (χ3v) is 5.83. The molecule has 1 saturated carbocycles. The van der Waals surface area contributed by atoms with Gasteiger partial charge in [0.05, 0.1) is 24.9 Å². The molecule has 1 N–H and O–H groups in total. The zero-order valence-corrected chi connectivity index (χ0v) is 19.6. The van der Waals surface area contributed by atoms with Crippen molar-refractivity contribution in [1.29, 1.82) is 0 Å². The number of halogens is 1. The van der Waals surface area contributed by atoms with Crippen LogP contribution in [0.1, 0.15) is 18.4 Å². The summed E-state index contributed by atoms with van der Waals surface area (Å²) in [5.41, 5.74) is 2.90. The number of aliphatic hydroxyl groups excluding tert-OH is 1. The van der Waals surface area contributed by atoms with Crippen molar-refractivity contribution in [1.82, 2.24) is 14.7 Å². The molecule has 1 aromatic heterocycles. The van der Waals surface area contributed by atoms with Crippen LogP contribution in [-0.4, -0.2) is 51.7 Å². The number of aliphatic hydroxyl groups is 1. The van der Waals surface area contributed by atoms with Gasteiger partial charge in [0.2, 0.25) is 5.88 Å². The number of hydrogen-bond donors (Lipinski definition) is 1. The van der Waals surface area contributed by atoms with Crippen LogP contribution in [0.4, 0.5) is 0 Å². The van der Waals surface area contributed by atoms with Crippen LogP contribution in [0.3, 0.4) is 0 Å². The molecule has 0 saturated heterocycles. The maximum absolute atomic E-state index is 10.6. The first kappa shape index (κ1) is 23.5. The van der Waals surface area contributed by atoms with Crippen LogP contribution in [0.25, 0.3) is 11.3 Å². The van der Waals surface area contributed by atoms with Gasteiger partial charge in [-0.1, -0.05) is 48.0 Å². The standard InChI is InChI=1S/C26H30ClN3O3/c1-3-15-32-18-22(31)16-30(21-11-12-21)17-24-25(19-7-5-4-6-8-19)28-29(2)26(24)33-23-13-9-20(27)10-14-23/h3-10,13-14,21-22,31H,1,11-12,15-18H2,2H3. The van der Waals surface area contributed by atoms with Gasteiger partial charge in [0.1, 0.15) is 11.4 Å². The van der Waals surface area contributed by atoms with Gasteiger partial charge in [-0.2, -0.15) is 5.10 Å². The Bertz CT molecular complexity index is 1050. The van der Waals surface area contributed by atoms with Crippen molar-refractivity contribution in [2.45, 2.75) is 31.5 Å². The van der Waals surface area contributed by atoms with E-state index in [-0.39, 0.29) is 6.61 Å². The highest BCUT2D eigenvalue weighted by Gasteiger charge is 2.33. The molecule has 6 nitrogen and oxygen atoms in total. The van der Waals surface area contributed by atoms with E-state index in [0.29, 0.717) is 42.4 Å². The van der Waals surface area contributed by atoms with E-state index >= 15 is 0 Å². The van der Waals surface area contributed by atoms with E-state index in [0.717, 1.165) is 29.7 Å². The molecule has 1 fully saturated rings. The molecule has 0 bridgehead atoms. The third kappa shape index (κ3) is 6.24. The van der Waals surface area contributed by atoms with Crippen LogP contribution >= 0.6 is 11.6 Å². The van der Waals surface area contributed by atoms with Gasteiger partial charge >= 0.3 is 0 Å². The van der Waals surface area contributed by atoms with Gasteiger partial charge in [0.25, 0.3) is 0 Å². The number of nitrogens with zero attached hydrogens (tertiary/aromatic N) is 3. The molecule has 3 aromatic rings. The maximum atomic E-state index is 10.6. The number of benzene rings is 2. The molecular weight excluding hydrogens is 438 g/mol. The van der Waals surface area contributed by atoms with Crippen molar-refractivity contribution in [3.8, 4) is 22.9 Å². The minimum atomic E-state index is -0.581. The first-order chi connectivity index (χ1) is 16.0. The number of hydrogen-bond acceptors (Lipinski definition) is 5. The molecule has 1 aliphatic rings. The summed E-state index contributed by atoms with van der Waals surface area (Å²) in [7, 11) is 1.89. The van der Waals surface area contributed by atoms with Gasteiger partial charge in [-0.15, -0.1) is 6.58 Å². The molecule has 2 aromatic carbocycles. The summed E-state index contributed by atoms with van der Waals surface area (Å²) < 4.78 is 13.5. The Kier molecular flexibility index (Phi) is 7.83. The quantitative estimate of drug-likeness (QED) is 0.298. The Morgan fingerprint density at radius 3 is 2.61 bits per heavy atom. The van der Waals surface area contributed by atoms with Crippen molar-refractivity contribution in [2.75, 3.05) is 19.8 Å². The summed E-state index contributed by atoms with van der Waals surface area (Å²) in [5, 5.41) is 16.0. The lowest BCUT2D eigenvalue weighted by Crippen LogP contribution is -2.36. The van der Waals surface area contributed by atoms with E-state index < -0.39 is 6.10 Å². The van der Waals surface area contributed by atoms with Gasteiger partial charge < -0.3 is 14.6 Å². The monoisotopic (exact) mass is 467 g/mol. The Morgan fingerprint density at radius 1 is 1.21 bits per heavy atom. The predicted molar refractivity (Wildman–Crippen MR) is 131 cm³/mol. The Labute approximate surface area is 200 Å². The third-order valence-electron chi connectivity index (χ3n) is 5.58. The lowest BCUT2D eigenvalue weighted by molar-refractivity contribution is 0.0227. The Morgan fingerprint density at radius 2 is 1.94 bits per heavy atom. The smallest absolute Gasteiger partial charge is 0.222 e. The van der Waals surface area contributed by atoms with E-state index in [2.05, 4.69) is 23.6 Å². The topological polar surface area (TPSA) is 59.8 Å². The highest BCUT2D eigenvalue weighted by Crippen LogP contribution is 2.37. The summed E-state index contributed by atoms with van der Waals surface area (Å²) in [4.78, 5) is 2.31. The lowest BCUT2D eigenvalue weighted by Gasteiger charge is -2.25. The minimum absolute atomic E-state index is 0.280. The summed E-state index contributed by atoms with van der Waals surface area (Å²) >= 11 is 6.05. The van der Waals surface area contributed by atoms with E-state index in [1.165, 1.54) is 0 Å². The van der Waals surface area contributed by atoms with Crippen LogP contribution in [0.15, 0.2) is 67.3 Å². The van der Waals surface area contributed by atoms with E-state index in [1.807, 2.05) is 37.4 Å². The van der Waals surface area contributed by atoms with Gasteiger partial charge in [-0.3, -0.25) is 4.90 Å². The largest absolute Gasteiger partial charge is 0.439 e. The molecule has 1 unspecified atom stereocenters. The summed E-state index contributed by atoms with van der Waals surface area (Å²) in [5.74, 6) is 1.37. The van der Waals surface area contributed by atoms with Crippen molar-refractivity contribution in [3.63, 3.8) is 0 Å². The summed E-state index contributed by atoms with van der Waals surface area (Å²) in [6.07, 6.45) is 3.35. The molecule has 33 heavy (non-hydrogen) atoms. The molecule has 1 atom stereocenters. The highest BCUT2D eigenvalue weighted by atomic mass is 35.5. The van der Waals surface area contributed by atoms with Gasteiger partial charge in [-0.25, -0.2) is 4.68 Å². The lowest BCUT2D eigenvalue weighted by atomic mass is 10.1. The molecule has 0 aliphatic heterocycles. The van der Waals surface area contributed by atoms with Crippen molar-refractivity contribution < 1.29 is 14.6 Å². The fourth-order valence-corrected chi connectivity index (χ4v) is 3.99. The van der Waals surface area contributed by atoms with Crippen LogP contribution in [0.5, 0.6) is 11.6 Å². The molecule has 7 heteroatoms. The predicted octanol–water partition coefficient (Wildman–Crippen LogP) is 5.06. The second kappa shape index (κ2) is 11.0. The molecule has 1 heterocycles. The average molecular weight is 468 g/mol. The van der Waals surface area contributed by atoms with Gasteiger partial charge in [0.15, 0.2) is 0 Å². The second-order valence-electron chi connectivity index (χ2n) is 8.32. The Hall–Kier alpha value is -2.64. The fraction of sp³-hybridized carbons (Fsp3) is 0.346. The first-order valence-electron chi connectivity index (χ1n) is 11.2. The van der Waals surface area contributed by atoms with Gasteiger partial charge in [0, 0.05) is 36.8 Å². The molecule has 174 valence electrons. The average Bonchev–Trinajstić information content (AvgIpc) is 3.62. The van der Waals surface area contributed by atoms with Crippen LogP contribution in [-0.2, 0) is 18.3 Å². The van der Waals surface area contributed by atoms with Crippen molar-refractivity contribution in [2.24, 2.45) is 7.05 Å². The van der Waals surface area contributed by atoms with Crippen LogP contribution in [0, 0.1) is 0 Å². The summed E-state index contributed by atoms with van der Waals surface area (Å²) in [6.45, 7) is 5.50. The second-order valence-corrected chi connectivity index (χ2v) is 8.75. The number of aryl methyl sites for hydroxylation is 1. The number of ether oxygens (including phenoxy) is 2. The fourth-order valence-electron chi connectivity index (χ4n) is 3.86. The first-order valence-corrected chi connectivity index (χ1v) is 11.6. The molecule has 0 radical (unpaired) electrons. The number of rotatable bonds is 12. The normalized spacial score (nSPS) is 14.4. The molecule has 1 aliphatic carbocycles. The Balaban J connectivity index is 1.63. The maximum Gasteiger partial charge on any atom is 0.222 e. The zero-order valence-electron chi connectivity index (χ0n) is 18.9. The van der Waals surface area contributed by atoms with E-state index in [4.69, 9.17) is 26.2 Å². The minimum Gasteiger partial charge on any atom is -0.439 e. The van der Waals surface area contributed by atoms with E-state index in [1.54, 1.807) is 22.9 Å². The van der Waals surface area contributed by atoms with E-state index in [9.17, 15) is 5.11 Å². The zero-order chi connectivity index (χ0) is 23.2. The van der Waals surface area contributed by atoms with Crippen molar-refractivity contribution >= 4 is 11.6 Å². The molecule has 0 spiro atoms. The summed E-state index contributed by atoms with van der Waals surface area (Å²) in [6, 6.07) is 17.9. The highest BCUT2D eigenvalue weighted by molar-refractivity contribution is 6.30. The molecule has 4 rings (SSSR count). The number of aromatic nitrogens is 2. The van der Waals surface area contributed by atoms with Crippen LogP contribution in [0.2, 0.25) is 5.02 Å². The molecule has 0 amide bonds.